The molecule has 24 heavy (non-hydrogen) atoms. The van der Waals surface area contributed by atoms with E-state index in [1.807, 2.05) is 6.92 Å². The fourth-order valence-corrected chi connectivity index (χ4v) is 2.87. The molecule has 0 fully saturated rings. The third kappa shape index (κ3) is 4.10. The van der Waals surface area contributed by atoms with Crippen LogP contribution in [0.25, 0.3) is 0 Å². The molecule has 0 saturated heterocycles. The highest BCUT2D eigenvalue weighted by atomic mass is 32.2. The predicted octanol–water partition coefficient (Wildman–Crippen LogP) is 1.84. The lowest BCUT2D eigenvalue weighted by atomic mass is 10.1. The molecule has 3 N–H and O–H groups in total. The highest BCUT2D eigenvalue weighted by Crippen LogP contribution is 2.24. The van der Waals surface area contributed by atoms with Gasteiger partial charge in [0, 0.05) is 0 Å². The summed E-state index contributed by atoms with van der Waals surface area (Å²) in [5, 5.41) is 28.4. The third-order valence-electron chi connectivity index (χ3n) is 3.33. The molecule has 0 bridgehead atoms. The van der Waals surface area contributed by atoms with Crippen molar-refractivity contribution < 1.29 is 32.7 Å². The van der Waals surface area contributed by atoms with Crippen LogP contribution in [0.5, 0.6) is 5.75 Å². The van der Waals surface area contributed by atoms with Crippen molar-refractivity contribution in [3.8, 4) is 5.75 Å². The van der Waals surface area contributed by atoms with Crippen molar-refractivity contribution in [1.29, 1.82) is 0 Å². The normalized spacial score (nSPS) is 12.8. The van der Waals surface area contributed by atoms with Gasteiger partial charge < -0.3 is 15.3 Å². The van der Waals surface area contributed by atoms with E-state index >= 15 is 0 Å². The number of carboxylic acid groups (broad SMARTS) is 1. The van der Waals surface area contributed by atoms with Crippen LogP contribution in [0.1, 0.15) is 27.6 Å². The molecule has 128 valence electrons. The van der Waals surface area contributed by atoms with Crippen molar-refractivity contribution >= 4 is 16.1 Å². The zero-order chi connectivity index (χ0) is 17.9. The van der Waals surface area contributed by atoms with Gasteiger partial charge in [-0.05, 0) is 36.8 Å². The van der Waals surface area contributed by atoms with E-state index in [2.05, 4.69) is 0 Å². The number of benzene rings is 2. The molecule has 0 saturated carbocycles. The minimum atomic E-state index is -4.04. The smallest absolute Gasteiger partial charge is 0.339 e. The highest BCUT2D eigenvalue weighted by molar-refractivity contribution is 7.86. The zero-order valence-electron chi connectivity index (χ0n) is 12.7. The van der Waals surface area contributed by atoms with Gasteiger partial charge >= 0.3 is 5.97 Å². The van der Waals surface area contributed by atoms with Crippen molar-refractivity contribution in [2.24, 2.45) is 0 Å². The van der Waals surface area contributed by atoms with Crippen LogP contribution in [-0.4, -0.2) is 36.3 Å². The molecule has 8 heteroatoms. The van der Waals surface area contributed by atoms with Gasteiger partial charge in [-0.1, -0.05) is 23.8 Å². The minimum absolute atomic E-state index is 0.0442. The molecule has 0 aliphatic rings. The Labute approximate surface area is 138 Å². The second kappa shape index (κ2) is 7.00. The fourth-order valence-electron chi connectivity index (χ4n) is 1.96. The molecular weight excluding hydrogens is 336 g/mol. The maximum Gasteiger partial charge on any atom is 0.339 e. The molecule has 2 rings (SSSR count). The van der Waals surface area contributed by atoms with Crippen molar-refractivity contribution in [3.05, 3.63) is 59.2 Å². The lowest BCUT2D eigenvalue weighted by Gasteiger charge is -2.13. The number of phenols is 1. The van der Waals surface area contributed by atoms with Crippen LogP contribution in [0.4, 0.5) is 0 Å². The van der Waals surface area contributed by atoms with Gasteiger partial charge in [0.2, 0.25) is 0 Å². The molecule has 0 spiro atoms. The summed E-state index contributed by atoms with van der Waals surface area (Å²) in [6.45, 7) is 1.23. The lowest BCUT2D eigenvalue weighted by Crippen LogP contribution is -2.14. The van der Waals surface area contributed by atoms with E-state index in [1.165, 1.54) is 18.2 Å². The zero-order valence-corrected chi connectivity index (χ0v) is 13.5. The largest absolute Gasteiger partial charge is 0.507 e. The molecule has 0 amide bonds. The van der Waals surface area contributed by atoms with E-state index in [0.29, 0.717) is 0 Å². The van der Waals surface area contributed by atoms with E-state index in [0.717, 1.165) is 17.7 Å². The Hall–Kier alpha value is -2.42. The first kappa shape index (κ1) is 17.9. The number of aryl methyl sites for hydroxylation is 1. The second-order valence-corrected chi connectivity index (χ2v) is 6.76. The summed E-state index contributed by atoms with van der Waals surface area (Å²) >= 11 is 0. The van der Waals surface area contributed by atoms with Gasteiger partial charge in [-0.3, -0.25) is 4.18 Å². The number of aromatic carboxylic acids is 1. The Kier molecular flexibility index (Phi) is 5.23. The first-order valence-electron chi connectivity index (χ1n) is 6.91. The van der Waals surface area contributed by atoms with Crippen molar-refractivity contribution in [2.45, 2.75) is 17.9 Å². The number of carboxylic acids is 1. The summed E-state index contributed by atoms with van der Waals surface area (Å²) in [6, 6.07) is 9.47. The van der Waals surface area contributed by atoms with Gasteiger partial charge in [-0.15, -0.1) is 0 Å². The molecule has 0 aliphatic heterocycles. The average molecular weight is 352 g/mol. The monoisotopic (exact) mass is 352 g/mol. The number of rotatable bonds is 6. The molecule has 2 aromatic rings. The maximum absolute atomic E-state index is 12.0. The van der Waals surface area contributed by atoms with Crippen LogP contribution in [-0.2, 0) is 14.3 Å². The summed E-state index contributed by atoms with van der Waals surface area (Å²) in [4.78, 5) is 10.9. The number of hydrogen-bond acceptors (Lipinski definition) is 6. The number of aromatic hydroxyl groups is 1. The van der Waals surface area contributed by atoms with Crippen molar-refractivity contribution in [1.82, 2.24) is 0 Å². The summed E-state index contributed by atoms with van der Waals surface area (Å²) < 4.78 is 28.9. The third-order valence-corrected chi connectivity index (χ3v) is 4.62. The number of aliphatic hydroxyl groups excluding tert-OH is 1. The van der Waals surface area contributed by atoms with Crippen LogP contribution in [0.15, 0.2) is 47.4 Å². The molecule has 0 heterocycles. The highest BCUT2D eigenvalue weighted by Gasteiger charge is 2.20. The van der Waals surface area contributed by atoms with Crippen LogP contribution in [0.3, 0.4) is 0 Å². The van der Waals surface area contributed by atoms with Crippen molar-refractivity contribution in [2.75, 3.05) is 6.61 Å². The molecule has 0 radical (unpaired) electrons. The Morgan fingerprint density at radius 2 is 1.79 bits per heavy atom. The Morgan fingerprint density at radius 3 is 2.38 bits per heavy atom. The van der Waals surface area contributed by atoms with Gasteiger partial charge in [-0.25, -0.2) is 4.79 Å². The lowest BCUT2D eigenvalue weighted by molar-refractivity contribution is 0.0692. The van der Waals surface area contributed by atoms with E-state index in [4.69, 9.17) is 9.29 Å². The summed E-state index contributed by atoms with van der Waals surface area (Å²) in [7, 11) is -4.04. The molecule has 1 atom stereocenters. The van der Waals surface area contributed by atoms with Crippen LogP contribution in [0.2, 0.25) is 0 Å². The fraction of sp³-hybridized carbons (Fsp3) is 0.188. The molecule has 2 aromatic carbocycles. The van der Waals surface area contributed by atoms with Gasteiger partial charge in [0.1, 0.15) is 17.4 Å². The number of hydrogen-bond donors (Lipinski definition) is 3. The SMILES string of the molecule is Cc1ccc(S(=O)(=O)OCC(O)c2ccc(O)c(C(=O)O)c2)cc1. The van der Waals surface area contributed by atoms with Crippen LogP contribution >= 0.6 is 0 Å². The molecule has 1 unspecified atom stereocenters. The molecular formula is C16H16O7S. The Morgan fingerprint density at radius 1 is 1.17 bits per heavy atom. The summed E-state index contributed by atoms with van der Waals surface area (Å²) in [5.41, 5.74) is 0.608. The van der Waals surface area contributed by atoms with Gasteiger partial charge in [0.25, 0.3) is 10.1 Å². The Bertz CT molecular complexity index is 841. The summed E-state index contributed by atoms with van der Waals surface area (Å²) in [6.07, 6.45) is -1.37. The van der Waals surface area contributed by atoms with E-state index < -0.39 is 40.1 Å². The molecule has 7 nitrogen and oxygen atoms in total. The quantitative estimate of drug-likeness (QED) is 0.678. The first-order valence-corrected chi connectivity index (χ1v) is 8.32. The predicted molar refractivity (Wildman–Crippen MR) is 84.3 cm³/mol. The van der Waals surface area contributed by atoms with E-state index in [9.17, 15) is 23.4 Å². The standard InChI is InChI=1S/C16H16O7S/c1-10-2-5-12(6-3-10)24(21,22)23-9-15(18)11-4-7-14(17)13(8-11)16(19)20/h2-8,15,17-18H,9H2,1H3,(H,19,20). The van der Waals surface area contributed by atoms with Crippen molar-refractivity contribution in [3.63, 3.8) is 0 Å². The average Bonchev–Trinajstić information content (AvgIpc) is 2.53. The summed E-state index contributed by atoms with van der Waals surface area (Å²) in [5.74, 6) is -1.82. The van der Waals surface area contributed by atoms with Gasteiger partial charge in [-0.2, -0.15) is 8.42 Å². The molecule has 0 aliphatic carbocycles. The first-order chi connectivity index (χ1) is 11.2. The second-order valence-electron chi connectivity index (χ2n) is 5.15. The minimum Gasteiger partial charge on any atom is -0.507 e. The number of aliphatic hydroxyl groups is 1. The Balaban J connectivity index is 2.12. The topological polar surface area (TPSA) is 121 Å². The maximum atomic E-state index is 12.0. The van der Waals surface area contributed by atoms with E-state index in [1.54, 1.807) is 12.1 Å². The molecule has 0 aromatic heterocycles. The van der Waals surface area contributed by atoms with Gasteiger partial charge in [0.05, 0.1) is 11.5 Å². The number of carbonyl (C=O) groups is 1. The van der Waals surface area contributed by atoms with Crippen LogP contribution < -0.4 is 0 Å². The van der Waals surface area contributed by atoms with Crippen LogP contribution in [0, 0.1) is 6.92 Å². The van der Waals surface area contributed by atoms with Gasteiger partial charge in [0.15, 0.2) is 0 Å². The van der Waals surface area contributed by atoms with E-state index in [-0.39, 0.29) is 10.5 Å².